The van der Waals surface area contributed by atoms with Crippen LogP contribution in [0.5, 0.6) is 0 Å². The number of hydrogen-bond acceptors (Lipinski definition) is 3. The number of aliphatic hydroxyl groups excluding tert-OH is 1. The molecule has 2 N–H and O–H groups in total. The Kier molecular flexibility index (Phi) is 4.56. The zero-order chi connectivity index (χ0) is 12.3. The summed E-state index contributed by atoms with van der Waals surface area (Å²) in [6.45, 7) is 3.44. The van der Waals surface area contributed by atoms with Crippen molar-refractivity contribution < 1.29 is 9.84 Å². The minimum Gasteiger partial charge on any atom is -0.387 e. The highest BCUT2D eigenvalue weighted by Gasteiger charge is 2.24. The molecule has 2 rings (SSSR count). The zero-order valence-corrected chi connectivity index (χ0v) is 11.5. The average molecular weight is 300 g/mol. The summed E-state index contributed by atoms with van der Waals surface area (Å²) in [7, 11) is 0. The number of benzene rings is 1. The lowest BCUT2D eigenvalue weighted by molar-refractivity contribution is 0.107. The fraction of sp³-hybridized carbons (Fsp3) is 0.538. The molecule has 1 aromatic carbocycles. The van der Waals surface area contributed by atoms with Gasteiger partial charge >= 0.3 is 0 Å². The van der Waals surface area contributed by atoms with Crippen molar-refractivity contribution in [3.05, 3.63) is 34.3 Å². The second-order valence-electron chi connectivity index (χ2n) is 4.45. The third-order valence-corrected chi connectivity index (χ3v) is 3.68. The molecule has 3 unspecified atom stereocenters. The lowest BCUT2D eigenvalue weighted by Crippen LogP contribution is -2.37. The Bertz CT molecular complexity index is 372. The molecule has 3 atom stereocenters. The predicted octanol–water partition coefficient (Wildman–Crippen LogP) is 2.25. The average Bonchev–Trinajstić information content (AvgIpc) is 2.72. The van der Waals surface area contributed by atoms with Crippen molar-refractivity contribution in [2.75, 3.05) is 13.2 Å². The Hall–Kier alpha value is -0.420. The summed E-state index contributed by atoms with van der Waals surface area (Å²) in [4.78, 5) is 0. The maximum atomic E-state index is 10.1. The quantitative estimate of drug-likeness (QED) is 0.896. The van der Waals surface area contributed by atoms with Crippen LogP contribution in [-0.2, 0) is 4.74 Å². The van der Waals surface area contributed by atoms with Crippen LogP contribution in [0.1, 0.15) is 25.0 Å². The number of ether oxygens (including phenoxy) is 1. The van der Waals surface area contributed by atoms with Crippen LogP contribution < -0.4 is 5.32 Å². The minimum absolute atomic E-state index is 0.240. The molecule has 0 radical (unpaired) electrons. The van der Waals surface area contributed by atoms with Gasteiger partial charge in [0.05, 0.1) is 12.2 Å². The van der Waals surface area contributed by atoms with E-state index in [0.717, 1.165) is 23.1 Å². The first kappa shape index (κ1) is 13.0. The molecular formula is C13H18BrNO2. The van der Waals surface area contributed by atoms with E-state index in [1.807, 2.05) is 24.3 Å². The van der Waals surface area contributed by atoms with Crippen LogP contribution in [-0.4, -0.2) is 30.4 Å². The molecule has 0 bridgehead atoms. The van der Waals surface area contributed by atoms with E-state index in [2.05, 4.69) is 28.2 Å². The van der Waals surface area contributed by atoms with Gasteiger partial charge in [-0.05, 0) is 31.0 Å². The van der Waals surface area contributed by atoms with E-state index in [0.29, 0.717) is 12.6 Å². The maximum Gasteiger partial charge on any atom is 0.0914 e. The van der Waals surface area contributed by atoms with E-state index >= 15 is 0 Å². The Balaban J connectivity index is 1.86. The standard InChI is InChI=1S/C13H18BrNO2/c1-9-12(5-6-17-9)15-8-13(16)10-3-2-4-11(14)7-10/h2-4,7,9,12-13,15-16H,5-6,8H2,1H3. The van der Waals surface area contributed by atoms with E-state index in [-0.39, 0.29) is 6.10 Å². The topological polar surface area (TPSA) is 41.5 Å². The molecule has 0 aliphatic carbocycles. The summed E-state index contributed by atoms with van der Waals surface area (Å²) in [5.74, 6) is 0. The minimum atomic E-state index is -0.472. The summed E-state index contributed by atoms with van der Waals surface area (Å²) >= 11 is 3.41. The van der Waals surface area contributed by atoms with Crippen molar-refractivity contribution in [1.82, 2.24) is 5.32 Å². The van der Waals surface area contributed by atoms with E-state index in [9.17, 15) is 5.11 Å². The van der Waals surface area contributed by atoms with Crippen molar-refractivity contribution in [2.45, 2.75) is 31.6 Å². The zero-order valence-electron chi connectivity index (χ0n) is 9.90. The highest BCUT2D eigenvalue weighted by molar-refractivity contribution is 9.10. The first-order valence-electron chi connectivity index (χ1n) is 5.95. The fourth-order valence-corrected chi connectivity index (χ4v) is 2.51. The normalized spacial score (nSPS) is 26.1. The van der Waals surface area contributed by atoms with Gasteiger partial charge in [-0.15, -0.1) is 0 Å². The van der Waals surface area contributed by atoms with Gasteiger partial charge in [-0.25, -0.2) is 0 Å². The van der Waals surface area contributed by atoms with Gasteiger partial charge in [0.2, 0.25) is 0 Å². The molecule has 4 heteroatoms. The Labute approximate surface area is 110 Å². The lowest BCUT2D eigenvalue weighted by atomic mass is 10.1. The first-order chi connectivity index (χ1) is 8.16. The second-order valence-corrected chi connectivity index (χ2v) is 5.37. The summed E-state index contributed by atoms with van der Waals surface area (Å²) in [6, 6.07) is 8.13. The molecule has 94 valence electrons. The molecule has 1 heterocycles. The van der Waals surface area contributed by atoms with Gasteiger partial charge in [0.15, 0.2) is 0 Å². The molecule has 0 amide bonds. The predicted molar refractivity (Wildman–Crippen MR) is 70.9 cm³/mol. The van der Waals surface area contributed by atoms with Crippen LogP contribution in [0, 0.1) is 0 Å². The molecule has 1 aromatic rings. The van der Waals surface area contributed by atoms with Crippen LogP contribution in [0.25, 0.3) is 0 Å². The number of nitrogens with one attached hydrogen (secondary N) is 1. The molecule has 17 heavy (non-hydrogen) atoms. The van der Waals surface area contributed by atoms with E-state index in [1.165, 1.54) is 0 Å². The van der Waals surface area contributed by atoms with Crippen LogP contribution >= 0.6 is 15.9 Å². The lowest BCUT2D eigenvalue weighted by Gasteiger charge is -2.19. The van der Waals surface area contributed by atoms with Gasteiger partial charge in [-0.1, -0.05) is 28.1 Å². The molecule has 1 aliphatic heterocycles. The number of aliphatic hydroxyl groups is 1. The molecular weight excluding hydrogens is 282 g/mol. The van der Waals surface area contributed by atoms with Crippen LogP contribution in [0.2, 0.25) is 0 Å². The Morgan fingerprint density at radius 3 is 3.06 bits per heavy atom. The van der Waals surface area contributed by atoms with Crippen molar-refractivity contribution >= 4 is 15.9 Å². The smallest absolute Gasteiger partial charge is 0.0914 e. The highest BCUT2D eigenvalue weighted by atomic mass is 79.9. The van der Waals surface area contributed by atoms with Gasteiger partial charge in [-0.3, -0.25) is 0 Å². The van der Waals surface area contributed by atoms with Crippen molar-refractivity contribution in [3.8, 4) is 0 Å². The Morgan fingerprint density at radius 2 is 2.41 bits per heavy atom. The first-order valence-corrected chi connectivity index (χ1v) is 6.74. The molecule has 0 aromatic heterocycles. The summed E-state index contributed by atoms with van der Waals surface area (Å²) < 4.78 is 6.46. The van der Waals surface area contributed by atoms with E-state index < -0.39 is 6.10 Å². The SMILES string of the molecule is CC1OCCC1NCC(O)c1cccc(Br)c1. The summed E-state index contributed by atoms with van der Waals surface area (Å²) in [5, 5.41) is 13.4. The van der Waals surface area contributed by atoms with Crippen LogP contribution in [0.15, 0.2) is 28.7 Å². The van der Waals surface area contributed by atoms with E-state index in [4.69, 9.17) is 4.74 Å². The molecule has 0 spiro atoms. The number of rotatable bonds is 4. The van der Waals surface area contributed by atoms with Gasteiger partial charge in [0.25, 0.3) is 0 Å². The van der Waals surface area contributed by atoms with E-state index in [1.54, 1.807) is 0 Å². The number of hydrogen-bond donors (Lipinski definition) is 2. The molecule has 3 nitrogen and oxygen atoms in total. The third-order valence-electron chi connectivity index (χ3n) is 3.18. The van der Waals surface area contributed by atoms with Gasteiger partial charge in [0, 0.05) is 23.7 Å². The van der Waals surface area contributed by atoms with Crippen molar-refractivity contribution in [2.24, 2.45) is 0 Å². The van der Waals surface area contributed by atoms with Crippen molar-refractivity contribution in [1.29, 1.82) is 0 Å². The van der Waals surface area contributed by atoms with Crippen LogP contribution in [0.3, 0.4) is 0 Å². The molecule has 1 aliphatic rings. The van der Waals surface area contributed by atoms with Crippen molar-refractivity contribution in [3.63, 3.8) is 0 Å². The molecule has 0 saturated carbocycles. The van der Waals surface area contributed by atoms with Gasteiger partial charge < -0.3 is 15.2 Å². The third kappa shape index (κ3) is 3.52. The molecule has 1 fully saturated rings. The number of halogens is 1. The second kappa shape index (κ2) is 5.96. The summed E-state index contributed by atoms with van der Waals surface area (Å²) in [5.41, 5.74) is 0.929. The molecule has 1 saturated heterocycles. The largest absolute Gasteiger partial charge is 0.387 e. The monoisotopic (exact) mass is 299 g/mol. The summed E-state index contributed by atoms with van der Waals surface area (Å²) in [6.07, 6.45) is 0.789. The Morgan fingerprint density at radius 1 is 1.59 bits per heavy atom. The van der Waals surface area contributed by atoms with Gasteiger partial charge in [0.1, 0.15) is 0 Å². The fourth-order valence-electron chi connectivity index (χ4n) is 2.09. The van der Waals surface area contributed by atoms with Gasteiger partial charge in [-0.2, -0.15) is 0 Å². The van der Waals surface area contributed by atoms with Crippen LogP contribution in [0.4, 0.5) is 0 Å². The maximum absolute atomic E-state index is 10.1. The highest BCUT2D eigenvalue weighted by Crippen LogP contribution is 2.19.